The summed E-state index contributed by atoms with van der Waals surface area (Å²) < 4.78 is 24.0. The Bertz CT molecular complexity index is 793. The van der Waals surface area contributed by atoms with Crippen molar-refractivity contribution in [3.63, 3.8) is 0 Å². The molecule has 23 heavy (non-hydrogen) atoms. The highest BCUT2D eigenvalue weighted by Gasteiger charge is 2.26. The highest BCUT2D eigenvalue weighted by molar-refractivity contribution is 5.57. The van der Waals surface area contributed by atoms with Crippen LogP contribution in [-0.4, -0.2) is 17.0 Å². The van der Waals surface area contributed by atoms with Crippen LogP contribution in [0.2, 0.25) is 0 Å². The molecule has 0 saturated heterocycles. The zero-order valence-corrected chi connectivity index (χ0v) is 12.1. The maximum absolute atomic E-state index is 13.9. The lowest BCUT2D eigenvalue weighted by molar-refractivity contribution is -0.389. The second kappa shape index (κ2) is 6.26. The number of aryl methyl sites for hydroxylation is 1. The van der Waals surface area contributed by atoms with Gasteiger partial charge in [-0.25, -0.2) is 0 Å². The highest BCUT2D eigenvalue weighted by atomic mass is 19.1. The van der Waals surface area contributed by atoms with Crippen LogP contribution >= 0.6 is 0 Å². The molecule has 0 aliphatic rings. The number of rotatable bonds is 5. The molecule has 0 heterocycles. The van der Waals surface area contributed by atoms with Crippen LogP contribution in [0.5, 0.6) is 17.2 Å². The molecule has 0 amide bonds. The lowest BCUT2D eigenvalue weighted by Gasteiger charge is -2.09. The van der Waals surface area contributed by atoms with Gasteiger partial charge in [0.05, 0.1) is 17.0 Å². The number of ether oxygens (including phenoxy) is 2. The SMILES string of the molecule is COc1cc(F)c([N+](=O)[O-])c(Oc2cc(C)ccc2[N+](=O)[O-])c1. The number of nitrogens with zero attached hydrogens (tertiary/aromatic N) is 2. The second-order valence-electron chi connectivity index (χ2n) is 4.54. The van der Waals surface area contributed by atoms with Gasteiger partial charge in [0.1, 0.15) is 5.75 Å². The highest BCUT2D eigenvalue weighted by Crippen LogP contribution is 2.40. The maximum Gasteiger partial charge on any atom is 0.347 e. The molecule has 2 rings (SSSR count). The Morgan fingerprint density at radius 2 is 1.74 bits per heavy atom. The van der Waals surface area contributed by atoms with Crippen molar-refractivity contribution in [1.29, 1.82) is 0 Å². The van der Waals surface area contributed by atoms with E-state index in [2.05, 4.69) is 0 Å². The predicted octanol–water partition coefficient (Wildman–Crippen LogP) is 3.75. The monoisotopic (exact) mass is 322 g/mol. The Labute approximate surface area is 129 Å². The van der Waals surface area contributed by atoms with E-state index >= 15 is 0 Å². The van der Waals surface area contributed by atoms with Crippen LogP contribution in [0.4, 0.5) is 15.8 Å². The first-order valence-corrected chi connectivity index (χ1v) is 6.28. The number of nitro benzene ring substituents is 2. The Balaban J connectivity index is 2.60. The van der Waals surface area contributed by atoms with Crippen molar-refractivity contribution < 1.29 is 23.7 Å². The molecule has 0 bridgehead atoms. The van der Waals surface area contributed by atoms with E-state index in [4.69, 9.17) is 9.47 Å². The van der Waals surface area contributed by atoms with Gasteiger partial charge in [-0.15, -0.1) is 0 Å². The number of hydrogen-bond acceptors (Lipinski definition) is 6. The second-order valence-corrected chi connectivity index (χ2v) is 4.54. The summed E-state index contributed by atoms with van der Waals surface area (Å²) in [4.78, 5) is 20.4. The molecule has 0 fully saturated rings. The van der Waals surface area contributed by atoms with Crippen molar-refractivity contribution >= 4 is 11.4 Å². The lowest BCUT2D eigenvalue weighted by atomic mass is 10.2. The van der Waals surface area contributed by atoms with Crippen molar-refractivity contribution in [2.75, 3.05) is 7.11 Å². The fraction of sp³-hybridized carbons (Fsp3) is 0.143. The minimum absolute atomic E-state index is 0.0154. The normalized spacial score (nSPS) is 10.2. The number of methoxy groups -OCH3 is 1. The van der Waals surface area contributed by atoms with Gasteiger partial charge < -0.3 is 9.47 Å². The molecule has 0 aromatic heterocycles. The molecule has 0 radical (unpaired) electrons. The van der Waals surface area contributed by atoms with Gasteiger partial charge in [-0.1, -0.05) is 6.07 Å². The summed E-state index contributed by atoms with van der Waals surface area (Å²) in [5.41, 5.74) is -0.689. The van der Waals surface area contributed by atoms with E-state index in [-0.39, 0.29) is 11.5 Å². The molecule has 0 aliphatic heterocycles. The summed E-state index contributed by atoms with van der Waals surface area (Å²) >= 11 is 0. The third-order valence-corrected chi connectivity index (χ3v) is 2.95. The van der Waals surface area contributed by atoms with Gasteiger partial charge in [0, 0.05) is 18.2 Å². The minimum Gasteiger partial charge on any atom is -0.497 e. The van der Waals surface area contributed by atoms with Crippen molar-refractivity contribution in [1.82, 2.24) is 0 Å². The molecule has 0 spiro atoms. The molecule has 0 unspecified atom stereocenters. The molecule has 0 N–H and O–H groups in total. The topological polar surface area (TPSA) is 105 Å². The minimum atomic E-state index is -1.17. The van der Waals surface area contributed by atoms with E-state index in [1.807, 2.05) is 0 Å². The first-order valence-electron chi connectivity index (χ1n) is 6.28. The molecule has 2 aromatic carbocycles. The largest absolute Gasteiger partial charge is 0.497 e. The van der Waals surface area contributed by atoms with E-state index < -0.39 is 32.8 Å². The quantitative estimate of drug-likeness (QED) is 0.613. The van der Waals surface area contributed by atoms with Crippen LogP contribution in [0.3, 0.4) is 0 Å². The maximum atomic E-state index is 13.9. The molecule has 120 valence electrons. The third-order valence-electron chi connectivity index (χ3n) is 2.95. The summed E-state index contributed by atoms with van der Waals surface area (Å²) in [6.45, 7) is 1.66. The summed E-state index contributed by atoms with van der Waals surface area (Å²) in [5.74, 6) is -1.90. The van der Waals surface area contributed by atoms with Crippen LogP contribution in [0.15, 0.2) is 30.3 Å². The number of benzene rings is 2. The van der Waals surface area contributed by atoms with E-state index in [9.17, 15) is 24.6 Å². The van der Waals surface area contributed by atoms with Crippen molar-refractivity contribution in [2.45, 2.75) is 6.92 Å². The molecular weight excluding hydrogens is 311 g/mol. The fourth-order valence-electron chi connectivity index (χ4n) is 1.90. The Morgan fingerprint density at radius 1 is 1.04 bits per heavy atom. The lowest BCUT2D eigenvalue weighted by Crippen LogP contribution is -2.00. The Kier molecular flexibility index (Phi) is 4.39. The van der Waals surface area contributed by atoms with Crippen LogP contribution in [-0.2, 0) is 0 Å². The van der Waals surface area contributed by atoms with Crippen molar-refractivity contribution in [3.8, 4) is 17.2 Å². The predicted molar refractivity (Wildman–Crippen MR) is 77.5 cm³/mol. The molecule has 8 nitrogen and oxygen atoms in total. The van der Waals surface area contributed by atoms with Gasteiger partial charge in [0.2, 0.25) is 17.3 Å². The standard InChI is InChI=1S/C14H11FN2O6/c1-8-3-4-11(16(18)19)12(5-8)23-13-7-9(22-2)6-10(15)14(13)17(20)21/h3-7H,1-2H3. The smallest absolute Gasteiger partial charge is 0.347 e. The van der Waals surface area contributed by atoms with Gasteiger partial charge in [-0.2, -0.15) is 4.39 Å². The Morgan fingerprint density at radius 3 is 2.30 bits per heavy atom. The van der Waals surface area contributed by atoms with Gasteiger partial charge >= 0.3 is 11.4 Å². The van der Waals surface area contributed by atoms with Crippen LogP contribution in [0.25, 0.3) is 0 Å². The first kappa shape index (κ1) is 16.1. The van der Waals surface area contributed by atoms with Gasteiger partial charge in [-0.05, 0) is 18.6 Å². The van der Waals surface area contributed by atoms with Crippen LogP contribution < -0.4 is 9.47 Å². The van der Waals surface area contributed by atoms with Crippen LogP contribution in [0, 0.1) is 33.0 Å². The number of nitro groups is 2. The average Bonchev–Trinajstić information content (AvgIpc) is 2.45. The van der Waals surface area contributed by atoms with E-state index in [0.717, 1.165) is 12.1 Å². The summed E-state index contributed by atoms with van der Waals surface area (Å²) in [5, 5.41) is 22.1. The number of halogens is 1. The molecular formula is C14H11FN2O6. The zero-order valence-electron chi connectivity index (χ0n) is 12.1. The van der Waals surface area contributed by atoms with E-state index in [1.54, 1.807) is 6.92 Å². The van der Waals surface area contributed by atoms with Gasteiger partial charge in [0.25, 0.3) is 0 Å². The zero-order chi connectivity index (χ0) is 17.1. The van der Waals surface area contributed by atoms with E-state index in [0.29, 0.717) is 5.56 Å². The molecule has 0 aliphatic carbocycles. The fourth-order valence-corrected chi connectivity index (χ4v) is 1.90. The molecule has 0 atom stereocenters. The first-order chi connectivity index (χ1) is 10.8. The van der Waals surface area contributed by atoms with Gasteiger partial charge in [0.15, 0.2) is 0 Å². The number of hydrogen-bond donors (Lipinski definition) is 0. The Hall–Kier alpha value is -3.23. The van der Waals surface area contributed by atoms with Crippen molar-refractivity contribution in [3.05, 3.63) is 61.9 Å². The average molecular weight is 322 g/mol. The molecule has 2 aromatic rings. The molecule has 0 saturated carbocycles. The summed E-state index contributed by atoms with van der Waals surface area (Å²) in [6, 6.07) is 5.95. The third kappa shape index (κ3) is 3.34. The summed E-state index contributed by atoms with van der Waals surface area (Å²) in [7, 11) is 1.25. The van der Waals surface area contributed by atoms with Gasteiger partial charge in [-0.3, -0.25) is 20.2 Å². The van der Waals surface area contributed by atoms with E-state index in [1.165, 1.54) is 25.3 Å². The molecule has 9 heteroatoms. The van der Waals surface area contributed by atoms with Crippen molar-refractivity contribution in [2.24, 2.45) is 0 Å². The summed E-state index contributed by atoms with van der Waals surface area (Å²) in [6.07, 6.45) is 0. The van der Waals surface area contributed by atoms with Crippen LogP contribution in [0.1, 0.15) is 5.56 Å².